The molecular formula is C28H24P+. The van der Waals surface area contributed by atoms with E-state index in [1.54, 1.807) is 0 Å². The van der Waals surface area contributed by atoms with Crippen LogP contribution in [0.15, 0.2) is 97.1 Å². The van der Waals surface area contributed by atoms with Crippen molar-refractivity contribution in [1.82, 2.24) is 0 Å². The van der Waals surface area contributed by atoms with Crippen molar-refractivity contribution in [3.05, 3.63) is 119 Å². The van der Waals surface area contributed by atoms with Crippen molar-refractivity contribution in [2.45, 2.75) is 11.3 Å². The van der Waals surface area contributed by atoms with Crippen molar-refractivity contribution in [3.8, 4) is 22.3 Å². The van der Waals surface area contributed by atoms with Gasteiger partial charge in [0.25, 0.3) is 0 Å². The van der Waals surface area contributed by atoms with Crippen LogP contribution in [0.2, 0.25) is 0 Å². The Labute approximate surface area is 173 Å². The molecule has 140 valence electrons. The van der Waals surface area contributed by atoms with Gasteiger partial charge >= 0.3 is 0 Å². The molecule has 0 N–H and O–H groups in total. The normalized spacial score (nSPS) is 15.0. The summed E-state index contributed by atoms with van der Waals surface area (Å²) < 4.78 is 0. The Morgan fingerprint density at radius 3 is 0.931 bits per heavy atom. The molecule has 1 heteroatoms. The van der Waals surface area contributed by atoms with E-state index in [2.05, 4.69) is 110 Å². The van der Waals surface area contributed by atoms with E-state index >= 15 is 0 Å². The van der Waals surface area contributed by atoms with Gasteiger partial charge in [0.2, 0.25) is 0 Å². The topological polar surface area (TPSA) is 0 Å². The molecule has 4 aromatic carbocycles. The average molecular weight is 391 g/mol. The monoisotopic (exact) mass is 391 g/mol. The molecule has 6 rings (SSSR count). The molecule has 0 bridgehead atoms. The number of hydrogen-bond donors (Lipinski definition) is 0. The number of benzene rings is 4. The van der Waals surface area contributed by atoms with Gasteiger partial charge in [-0.15, -0.1) is 0 Å². The highest BCUT2D eigenvalue weighted by molar-refractivity contribution is 7.75. The first-order chi connectivity index (χ1) is 14.2. The van der Waals surface area contributed by atoms with Crippen molar-refractivity contribution in [1.29, 1.82) is 0 Å². The van der Waals surface area contributed by atoms with Crippen LogP contribution in [0, 0.1) is 0 Å². The van der Waals surface area contributed by atoms with E-state index in [4.69, 9.17) is 0 Å². The maximum atomic E-state index is 2.58. The zero-order chi connectivity index (χ0) is 19.6. The van der Waals surface area contributed by atoms with Crippen LogP contribution in [0.5, 0.6) is 0 Å². The van der Waals surface area contributed by atoms with Crippen molar-refractivity contribution in [2.75, 3.05) is 13.3 Å². The van der Waals surface area contributed by atoms with E-state index in [-0.39, 0.29) is 0 Å². The maximum Gasteiger partial charge on any atom is 0.121 e. The Bertz CT molecular complexity index is 1060. The highest BCUT2D eigenvalue weighted by Gasteiger charge is 2.53. The van der Waals surface area contributed by atoms with Crippen LogP contribution in [0.3, 0.4) is 0 Å². The van der Waals surface area contributed by atoms with E-state index in [9.17, 15) is 0 Å². The molecule has 0 saturated heterocycles. The van der Waals surface area contributed by atoms with E-state index in [0.29, 0.717) is 11.3 Å². The molecule has 0 aromatic heterocycles. The predicted molar refractivity (Wildman–Crippen MR) is 126 cm³/mol. The van der Waals surface area contributed by atoms with Crippen LogP contribution in [0.4, 0.5) is 0 Å². The Morgan fingerprint density at radius 2 is 0.655 bits per heavy atom. The third-order valence-corrected chi connectivity index (χ3v) is 10.7. The quantitative estimate of drug-likeness (QED) is 0.306. The van der Waals surface area contributed by atoms with Gasteiger partial charge in [0, 0.05) is 29.5 Å². The molecular weight excluding hydrogens is 367 g/mol. The van der Waals surface area contributed by atoms with Crippen LogP contribution in [0.25, 0.3) is 22.3 Å². The summed E-state index contributed by atoms with van der Waals surface area (Å²) in [6, 6.07) is 36.3. The number of hydrogen-bond acceptors (Lipinski definition) is 0. The van der Waals surface area contributed by atoms with Gasteiger partial charge in [0.05, 0.1) is 13.3 Å². The fraction of sp³-hybridized carbons (Fsp3) is 0.143. The van der Waals surface area contributed by atoms with Crippen molar-refractivity contribution >= 4 is 7.26 Å². The van der Waals surface area contributed by atoms with E-state index in [1.807, 2.05) is 0 Å². The van der Waals surface area contributed by atoms with Crippen LogP contribution in [-0.2, 0) is 0 Å². The lowest BCUT2D eigenvalue weighted by molar-refractivity contribution is 1.09. The second-order valence-corrected chi connectivity index (χ2v) is 13.1. The first-order valence-electron chi connectivity index (χ1n) is 10.4. The van der Waals surface area contributed by atoms with Gasteiger partial charge in [-0.05, 0) is 22.3 Å². The Morgan fingerprint density at radius 1 is 0.414 bits per heavy atom. The standard InChI is InChI=1S/C28H24P/c1-29(2,27-23-15-7-3-11-19(23)20-12-4-8-16-24(20)27)28-25-17-9-5-13-21(25)22-14-6-10-18-26(22)28/h3-18,27-28H,1-2H3/q+1. The molecule has 2 aliphatic carbocycles. The van der Waals surface area contributed by atoms with Crippen LogP contribution >= 0.6 is 7.26 Å². The SMILES string of the molecule is C[P+](C)(C1c2ccccc2-c2ccccc21)C1c2ccccc2-c2ccccc21. The highest BCUT2D eigenvalue weighted by Crippen LogP contribution is 2.81. The summed E-state index contributed by atoms with van der Waals surface area (Å²) in [5.74, 6) is 0. The zero-order valence-corrected chi connectivity index (χ0v) is 17.7. The molecule has 29 heavy (non-hydrogen) atoms. The Balaban J connectivity index is 1.61. The van der Waals surface area contributed by atoms with E-state index in [1.165, 1.54) is 44.5 Å². The van der Waals surface area contributed by atoms with Gasteiger partial charge < -0.3 is 0 Å². The Kier molecular flexibility index (Phi) is 3.65. The second-order valence-electron chi connectivity index (χ2n) is 8.78. The van der Waals surface area contributed by atoms with E-state index in [0.717, 1.165) is 0 Å². The molecule has 0 atom stereocenters. The lowest BCUT2D eigenvalue weighted by Gasteiger charge is -2.33. The molecule has 0 aliphatic heterocycles. The minimum absolute atomic E-state index is 0.485. The highest BCUT2D eigenvalue weighted by atomic mass is 31.2. The first-order valence-corrected chi connectivity index (χ1v) is 13.2. The van der Waals surface area contributed by atoms with Crippen molar-refractivity contribution < 1.29 is 0 Å². The largest absolute Gasteiger partial charge is 0.121 e. The average Bonchev–Trinajstić information content (AvgIpc) is 3.28. The Hall–Kier alpha value is -2.69. The van der Waals surface area contributed by atoms with Crippen LogP contribution in [0.1, 0.15) is 33.6 Å². The van der Waals surface area contributed by atoms with Gasteiger partial charge in [0.1, 0.15) is 11.3 Å². The maximum absolute atomic E-state index is 2.58. The second kappa shape index (κ2) is 6.15. The summed E-state index contributed by atoms with van der Waals surface area (Å²) in [4.78, 5) is 0. The third kappa shape index (κ3) is 2.30. The summed E-state index contributed by atoms with van der Waals surface area (Å²) in [6.07, 6.45) is 0. The van der Waals surface area contributed by atoms with Gasteiger partial charge in [-0.3, -0.25) is 0 Å². The molecule has 0 saturated carbocycles. The van der Waals surface area contributed by atoms with Crippen molar-refractivity contribution in [2.24, 2.45) is 0 Å². The molecule has 0 heterocycles. The summed E-state index contributed by atoms with van der Waals surface area (Å²) in [6.45, 7) is 5.17. The predicted octanol–water partition coefficient (Wildman–Crippen LogP) is 7.80. The van der Waals surface area contributed by atoms with Crippen LogP contribution < -0.4 is 0 Å². The smallest absolute Gasteiger partial charge is 0.0618 e. The molecule has 2 aliphatic rings. The first kappa shape index (κ1) is 17.2. The number of rotatable bonds is 2. The minimum atomic E-state index is -1.47. The summed E-state index contributed by atoms with van der Waals surface area (Å²) >= 11 is 0. The fourth-order valence-electron chi connectivity index (χ4n) is 5.84. The lowest BCUT2D eigenvalue weighted by atomic mass is 10.1. The molecule has 0 nitrogen and oxygen atoms in total. The number of fused-ring (bicyclic) bond motifs is 6. The third-order valence-electron chi connectivity index (χ3n) is 6.93. The molecule has 0 unspecified atom stereocenters. The summed E-state index contributed by atoms with van der Waals surface area (Å²) in [5, 5.41) is 0. The molecule has 0 amide bonds. The van der Waals surface area contributed by atoms with Gasteiger partial charge in [-0.2, -0.15) is 0 Å². The molecule has 4 aromatic rings. The zero-order valence-electron chi connectivity index (χ0n) is 16.8. The van der Waals surface area contributed by atoms with Gasteiger partial charge in [-0.25, -0.2) is 0 Å². The minimum Gasteiger partial charge on any atom is -0.0618 e. The molecule has 0 fully saturated rings. The fourth-order valence-corrected chi connectivity index (χ4v) is 9.91. The summed E-state index contributed by atoms with van der Waals surface area (Å²) in [5.41, 5.74) is 12.8. The molecule has 0 radical (unpaired) electrons. The lowest BCUT2D eigenvalue weighted by Crippen LogP contribution is -2.11. The molecule has 0 spiro atoms. The van der Waals surface area contributed by atoms with Gasteiger partial charge in [-0.1, -0.05) is 97.1 Å². The van der Waals surface area contributed by atoms with E-state index < -0.39 is 7.26 Å². The summed E-state index contributed by atoms with van der Waals surface area (Å²) in [7, 11) is -1.47. The van der Waals surface area contributed by atoms with Crippen molar-refractivity contribution in [3.63, 3.8) is 0 Å². The van der Waals surface area contributed by atoms with Gasteiger partial charge in [0.15, 0.2) is 0 Å². The van der Waals surface area contributed by atoms with Crippen LogP contribution in [-0.4, -0.2) is 13.3 Å².